The van der Waals surface area contributed by atoms with Crippen molar-refractivity contribution in [3.05, 3.63) is 35.1 Å². The van der Waals surface area contributed by atoms with Crippen LogP contribution in [0.5, 0.6) is 0 Å². The summed E-state index contributed by atoms with van der Waals surface area (Å²) in [5.41, 5.74) is 0. The van der Waals surface area contributed by atoms with Crippen molar-refractivity contribution in [3.8, 4) is 0 Å². The first-order chi connectivity index (χ1) is 9.99. The van der Waals surface area contributed by atoms with Crippen molar-refractivity contribution in [1.82, 2.24) is 24.5 Å². The lowest BCUT2D eigenvalue weighted by atomic mass is 10.3. The first-order valence-electron chi connectivity index (χ1n) is 6.53. The Morgan fingerprint density at radius 3 is 3.00 bits per heavy atom. The zero-order valence-electron chi connectivity index (χ0n) is 11.3. The van der Waals surface area contributed by atoms with Crippen LogP contribution in [0.3, 0.4) is 0 Å². The normalized spacial score (nSPS) is 15.9. The topological polar surface area (TPSA) is 89.8 Å². The largest absolute Gasteiger partial charge is 0.314 e. The van der Waals surface area contributed by atoms with Gasteiger partial charge in [-0.15, -0.1) is 10.2 Å². The summed E-state index contributed by atoms with van der Waals surface area (Å²) in [6.07, 6.45) is 4.55. The Morgan fingerprint density at radius 2 is 2.24 bits per heavy atom. The van der Waals surface area contributed by atoms with E-state index in [0.717, 1.165) is 25.2 Å². The molecule has 0 fully saturated rings. The van der Waals surface area contributed by atoms with Crippen molar-refractivity contribution in [2.45, 2.75) is 37.2 Å². The van der Waals surface area contributed by atoms with Gasteiger partial charge in [-0.3, -0.25) is 4.98 Å². The van der Waals surface area contributed by atoms with Crippen LogP contribution >= 0.6 is 11.6 Å². The molecular weight excluding hydrogens is 314 g/mol. The van der Waals surface area contributed by atoms with E-state index < -0.39 is 16.1 Å². The van der Waals surface area contributed by atoms with Crippen LogP contribution in [0.1, 0.15) is 31.0 Å². The minimum Gasteiger partial charge on any atom is -0.314 e. The highest BCUT2D eigenvalue weighted by molar-refractivity contribution is 7.89. The van der Waals surface area contributed by atoms with Gasteiger partial charge in [-0.2, -0.15) is 0 Å². The first kappa shape index (κ1) is 14.4. The predicted molar refractivity (Wildman–Crippen MR) is 76.3 cm³/mol. The summed E-state index contributed by atoms with van der Waals surface area (Å²) in [5.74, 6) is 1.52. The Kier molecular flexibility index (Phi) is 3.68. The Morgan fingerprint density at radius 1 is 1.43 bits per heavy atom. The summed E-state index contributed by atoms with van der Waals surface area (Å²) in [4.78, 5) is 3.76. The number of aryl methyl sites for hydroxylation is 1. The molecule has 2 aromatic rings. The Bertz CT molecular complexity index is 774. The maximum atomic E-state index is 12.4. The van der Waals surface area contributed by atoms with Gasteiger partial charge < -0.3 is 4.57 Å². The number of sulfonamides is 1. The second-order valence-corrected chi connectivity index (χ2v) is 6.97. The van der Waals surface area contributed by atoms with Gasteiger partial charge in [-0.05, 0) is 19.4 Å². The lowest BCUT2D eigenvalue weighted by molar-refractivity contribution is 0.546. The SMILES string of the molecule is CC(NS(=O)(=O)c1cnccc1Cl)c1nnc2n1CCC2. The van der Waals surface area contributed by atoms with Crippen molar-refractivity contribution < 1.29 is 8.42 Å². The lowest BCUT2D eigenvalue weighted by Gasteiger charge is -2.14. The van der Waals surface area contributed by atoms with Crippen LogP contribution in [0.4, 0.5) is 0 Å². The number of fused-ring (bicyclic) bond motifs is 1. The number of pyridine rings is 1. The Labute approximate surface area is 127 Å². The average Bonchev–Trinajstić information content (AvgIpc) is 3.00. The fourth-order valence-electron chi connectivity index (χ4n) is 2.40. The molecule has 0 amide bonds. The van der Waals surface area contributed by atoms with Gasteiger partial charge in [0.1, 0.15) is 10.7 Å². The van der Waals surface area contributed by atoms with Crippen molar-refractivity contribution in [3.63, 3.8) is 0 Å². The van der Waals surface area contributed by atoms with Gasteiger partial charge in [-0.25, -0.2) is 13.1 Å². The molecule has 112 valence electrons. The molecule has 0 saturated heterocycles. The van der Waals surface area contributed by atoms with Gasteiger partial charge >= 0.3 is 0 Å². The summed E-state index contributed by atoms with van der Waals surface area (Å²) >= 11 is 5.92. The van der Waals surface area contributed by atoms with Gasteiger partial charge in [0.2, 0.25) is 10.0 Å². The third-order valence-corrected chi connectivity index (χ3v) is 5.39. The van der Waals surface area contributed by atoms with E-state index >= 15 is 0 Å². The summed E-state index contributed by atoms with van der Waals surface area (Å²) in [6.45, 7) is 2.55. The standard InChI is InChI=1S/C12H14ClN5O2S/c1-8(12-16-15-11-3-2-6-18(11)12)17-21(19,20)10-7-14-5-4-9(10)13/h4-5,7-8,17H,2-3,6H2,1H3. The molecule has 21 heavy (non-hydrogen) atoms. The van der Waals surface area contributed by atoms with Gasteiger partial charge in [0.15, 0.2) is 5.82 Å². The maximum absolute atomic E-state index is 12.4. The fourth-order valence-corrected chi connectivity index (χ4v) is 4.04. The number of aromatic nitrogens is 4. The van der Waals surface area contributed by atoms with Crippen LogP contribution in [-0.4, -0.2) is 28.2 Å². The monoisotopic (exact) mass is 327 g/mol. The predicted octanol–water partition coefficient (Wildman–Crippen LogP) is 1.31. The molecule has 1 atom stereocenters. The molecule has 0 aliphatic carbocycles. The highest BCUT2D eigenvalue weighted by Gasteiger charge is 2.26. The maximum Gasteiger partial charge on any atom is 0.244 e. The van der Waals surface area contributed by atoms with Crippen LogP contribution in [0.15, 0.2) is 23.4 Å². The second-order valence-electron chi connectivity index (χ2n) is 4.88. The Balaban J connectivity index is 1.87. The van der Waals surface area contributed by atoms with Crippen molar-refractivity contribution in [2.24, 2.45) is 0 Å². The van der Waals surface area contributed by atoms with E-state index in [-0.39, 0.29) is 9.92 Å². The van der Waals surface area contributed by atoms with Crippen LogP contribution in [0.25, 0.3) is 0 Å². The molecule has 2 aromatic heterocycles. The first-order valence-corrected chi connectivity index (χ1v) is 8.39. The highest BCUT2D eigenvalue weighted by atomic mass is 35.5. The smallest absolute Gasteiger partial charge is 0.244 e. The minimum atomic E-state index is -3.76. The zero-order valence-corrected chi connectivity index (χ0v) is 12.9. The second kappa shape index (κ2) is 5.36. The van der Waals surface area contributed by atoms with Crippen LogP contribution in [0.2, 0.25) is 5.02 Å². The van der Waals surface area contributed by atoms with Crippen LogP contribution < -0.4 is 4.72 Å². The minimum absolute atomic E-state index is 0.0420. The quantitative estimate of drug-likeness (QED) is 0.914. The number of rotatable bonds is 4. The molecule has 7 nitrogen and oxygen atoms in total. The molecule has 3 rings (SSSR count). The van der Waals surface area contributed by atoms with Gasteiger partial charge in [0.25, 0.3) is 0 Å². The highest BCUT2D eigenvalue weighted by Crippen LogP contribution is 2.23. The molecule has 0 saturated carbocycles. The third kappa shape index (κ3) is 2.66. The molecule has 1 aliphatic heterocycles. The fraction of sp³-hybridized carbons (Fsp3) is 0.417. The molecule has 0 spiro atoms. The van der Waals surface area contributed by atoms with E-state index in [9.17, 15) is 8.42 Å². The molecule has 3 heterocycles. The van der Waals surface area contributed by atoms with E-state index in [0.29, 0.717) is 5.82 Å². The van der Waals surface area contributed by atoms with Gasteiger partial charge in [0, 0.05) is 25.4 Å². The summed E-state index contributed by atoms with van der Waals surface area (Å²) < 4.78 is 29.3. The molecule has 1 unspecified atom stereocenters. The van der Waals surface area contributed by atoms with E-state index in [4.69, 9.17) is 11.6 Å². The molecule has 1 N–H and O–H groups in total. The Hall–Kier alpha value is -1.51. The number of nitrogens with zero attached hydrogens (tertiary/aromatic N) is 4. The molecule has 0 bridgehead atoms. The van der Waals surface area contributed by atoms with Gasteiger partial charge in [-0.1, -0.05) is 11.6 Å². The van der Waals surface area contributed by atoms with E-state index in [1.165, 1.54) is 18.5 Å². The van der Waals surface area contributed by atoms with E-state index in [1.807, 2.05) is 4.57 Å². The number of hydrogen-bond acceptors (Lipinski definition) is 5. The third-order valence-electron chi connectivity index (χ3n) is 3.38. The molecule has 0 radical (unpaired) electrons. The number of hydrogen-bond donors (Lipinski definition) is 1. The molecule has 9 heteroatoms. The molecule has 0 aromatic carbocycles. The molecular formula is C12H14ClN5O2S. The number of nitrogens with one attached hydrogen (secondary N) is 1. The average molecular weight is 328 g/mol. The number of halogens is 1. The van der Waals surface area contributed by atoms with Crippen molar-refractivity contribution >= 4 is 21.6 Å². The summed E-state index contributed by atoms with van der Waals surface area (Å²) in [6, 6.07) is 0.945. The molecule has 1 aliphatic rings. The van der Waals surface area contributed by atoms with Gasteiger partial charge in [0.05, 0.1) is 11.1 Å². The zero-order chi connectivity index (χ0) is 15.0. The van der Waals surface area contributed by atoms with Crippen LogP contribution in [0, 0.1) is 0 Å². The summed E-state index contributed by atoms with van der Waals surface area (Å²) in [7, 11) is -3.76. The van der Waals surface area contributed by atoms with E-state index in [1.54, 1.807) is 6.92 Å². The van der Waals surface area contributed by atoms with Crippen molar-refractivity contribution in [2.75, 3.05) is 0 Å². The lowest BCUT2D eigenvalue weighted by Crippen LogP contribution is -2.29. The summed E-state index contributed by atoms with van der Waals surface area (Å²) in [5, 5.41) is 8.29. The van der Waals surface area contributed by atoms with Crippen LogP contribution in [-0.2, 0) is 23.0 Å². The van der Waals surface area contributed by atoms with E-state index in [2.05, 4.69) is 19.9 Å². The van der Waals surface area contributed by atoms with Crippen molar-refractivity contribution in [1.29, 1.82) is 0 Å².